The number of halogens is 1. The smallest absolute Gasteiger partial charge is 0.252 e. The molecule has 86 valence electrons. The zero-order valence-corrected chi connectivity index (χ0v) is 9.12. The summed E-state index contributed by atoms with van der Waals surface area (Å²) >= 11 is 5.69. The molecule has 0 saturated carbocycles. The Morgan fingerprint density at radius 3 is 2.38 bits per heavy atom. The molecule has 0 aliphatic carbocycles. The van der Waals surface area contributed by atoms with Gasteiger partial charge in [-0.1, -0.05) is 23.7 Å². The Labute approximate surface area is 97.4 Å². The van der Waals surface area contributed by atoms with Crippen molar-refractivity contribution in [1.29, 1.82) is 0 Å². The highest BCUT2D eigenvalue weighted by molar-refractivity contribution is 6.30. The molecule has 16 heavy (non-hydrogen) atoms. The fourth-order valence-electron chi connectivity index (χ4n) is 1.05. The molecule has 0 bridgehead atoms. The first-order valence-corrected chi connectivity index (χ1v) is 4.93. The Balaban J connectivity index is 2.37. The first-order valence-electron chi connectivity index (χ1n) is 4.56. The monoisotopic (exact) mass is 242 g/mol. The molecule has 3 N–H and O–H groups in total. The van der Waals surface area contributed by atoms with Gasteiger partial charge in [-0.3, -0.25) is 14.8 Å². The summed E-state index contributed by atoms with van der Waals surface area (Å²) in [5, 5.41) is 11.4. The van der Waals surface area contributed by atoms with Crippen LogP contribution in [0.2, 0.25) is 5.02 Å². The van der Waals surface area contributed by atoms with E-state index in [0.29, 0.717) is 11.6 Å². The van der Waals surface area contributed by atoms with Crippen LogP contribution in [0.3, 0.4) is 0 Å². The third-order valence-corrected chi connectivity index (χ3v) is 2.10. The van der Waals surface area contributed by atoms with Crippen molar-refractivity contribution in [3.05, 3.63) is 34.9 Å². The number of carbonyl (C=O) groups excluding carboxylic acids is 2. The third-order valence-electron chi connectivity index (χ3n) is 1.85. The first-order chi connectivity index (χ1) is 7.61. The summed E-state index contributed by atoms with van der Waals surface area (Å²) in [7, 11) is 0. The molecule has 1 rings (SSSR count). The quantitative estimate of drug-likeness (QED) is 0.416. The summed E-state index contributed by atoms with van der Waals surface area (Å²) in [4.78, 5) is 21.8. The van der Waals surface area contributed by atoms with E-state index in [1.54, 1.807) is 24.3 Å². The number of hydrogen-bond acceptors (Lipinski definition) is 3. The molecule has 0 radical (unpaired) electrons. The Morgan fingerprint density at radius 2 is 1.81 bits per heavy atom. The van der Waals surface area contributed by atoms with Crippen molar-refractivity contribution < 1.29 is 14.8 Å². The van der Waals surface area contributed by atoms with E-state index in [0.717, 1.165) is 5.56 Å². The van der Waals surface area contributed by atoms with Crippen LogP contribution >= 0.6 is 11.6 Å². The molecule has 0 heterocycles. The number of nitrogens with one attached hydrogen (secondary N) is 2. The maximum Gasteiger partial charge on any atom is 0.252 e. The molecule has 1 aromatic carbocycles. The number of amides is 2. The average Bonchev–Trinajstić information content (AvgIpc) is 2.28. The van der Waals surface area contributed by atoms with Crippen LogP contribution in [0.5, 0.6) is 0 Å². The second-order valence-electron chi connectivity index (χ2n) is 3.11. The topological polar surface area (TPSA) is 78.4 Å². The van der Waals surface area contributed by atoms with Crippen molar-refractivity contribution in [3.63, 3.8) is 0 Å². The second-order valence-corrected chi connectivity index (χ2v) is 3.55. The fraction of sp³-hybridized carbons (Fsp3) is 0.200. The molecule has 0 fully saturated rings. The van der Waals surface area contributed by atoms with Crippen LogP contribution in [0.15, 0.2) is 24.3 Å². The zero-order chi connectivity index (χ0) is 12.0. The predicted octanol–water partition coefficient (Wildman–Crippen LogP) is 0.852. The molecule has 2 amide bonds. The van der Waals surface area contributed by atoms with E-state index < -0.39 is 18.2 Å². The summed E-state index contributed by atoms with van der Waals surface area (Å²) in [5.74, 6) is -1.20. The van der Waals surface area contributed by atoms with Crippen LogP contribution in [0.1, 0.15) is 12.0 Å². The fourth-order valence-corrected chi connectivity index (χ4v) is 1.18. The van der Waals surface area contributed by atoms with Gasteiger partial charge in [0.05, 0.1) is 0 Å². The SMILES string of the molecule is O=C(CC(=O)NCc1ccc(Cl)cc1)NO. The first kappa shape index (κ1) is 12.5. The Kier molecular flexibility index (Phi) is 4.75. The molecule has 0 aromatic heterocycles. The van der Waals surface area contributed by atoms with Gasteiger partial charge in [0, 0.05) is 11.6 Å². The van der Waals surface area contributed by atoms with Crippen LogP contribution in [0.4, 0.5) is 0 Å². The number of hydrogen-bond donors (Lipinski definition) is 3. The van der Waals surface area contributed by atoms with Gasteiger partial charge in [0.15, 0.2) is 0 Å². The van der Waals surface area contributed by atoms with Gasteiger partial charge in [0.25, 0.3) is 5.91 Å². The van der Waals surface area contributed by atoms with E-state index >= 15 is 0 Å². The summed E-state index contributed by atoms with van der Waals surface area (Å²) in [6.45, 7) is 0.314. The van der Waals surface area contributed by atoms with Gasteiger partial charge in [-0.05, 0) is 17.7 Å². The Morgan fingerprint density at radius 1 is 1.19 bits per heavy atom. The van der Waals surface area contributed by atoms with Crippen molar-refractivity contribution in [3.8, 4) is 0 Å². The minimum Gasteiger partial charge on any atom is -0.352 e. The van der Waals surface area contributed by atoms with Gasteiger partial charge in [-0.15, -0.1) is 0 Å². The molecule has 0 unspecified atom stereocenters. The molecule has 6 heteroatoms. The molecular weight excluding hydrogens is 232 g/mol. The molecule has 5 nitrogen and oxygen atoms in total. The predicted molar refractivity (Wildman–Crippen MR) is 57.8 cm³/mol. The van der Waals surface area contributed by atoms with Crippen molar-refractivity contribution >= 4 is 23.4 Å². The molecule has 0 atom stereocenters. The number of hydroxylamine groups is 1. The van der Waals surface area contributed by atoms with E-state index in [-0.39, 0.29) is 0 Å². The lowest BCUT2D eigenvalue weighted by molar-refractivity contribution is -0.134. The lowest BCUT2D eigenvalue weighted by Gasteiger charge is -2.04. The van der Waals surface area contributed by atoms with Gasteiger partial charge >= 0.3 is 0 Å². The zero-order valence-electron chi connectivity index (χ0n) is 8.37. The lowest BCUT2D eigenvalue weighted by Crippen LogP contribution is -2.29. The Bertz CT molecular complexity index is 378. The van der Waals surface area contributed by atoms with E-state index in [1.807, 2.05) is 0 Å². The van der Waals surface area contributed by atoms with Gasteiger partial charge in [0.1, 0.15) is 6.42 Å². The maximum absolute atomic E-state index is 11.1. The van der Waals surface area contributed by atoms with E-state index in [4.69, 9.17) is 16.8 Å². The van der Waals surface area contributed by atoms with Crippen molar-refractivity contribution in [2.24, 2.45) is 0 Å². The van der Waals surface area contributed by atoms with Crippen LogP contribution < -0.4 is 10.8 Å². The van der Waals surface area contributed by atoms with Crippen LogP contribution in [0, 0.1) is 0 Å². The highest BCUT2D eigenvalue weighted by Gasteiger charge is 2.07. The van der Waals surface area contributed by atoms with Gasteiger partial charge in [0.2, 0.25) is 5.91 Å². The van der Waals surface area contributed by atoms with Crippen molar-refractivity contribution in [2.75, 3.05) is 0 Å². The van der Waals surface area contributed by atoms with E-state index in [1.165, 1.54) is 5.48 Å². The maximum atomic E-state index is 11.1. The molecule has 0 aliphatic rings. The van der Waals surface area contributed by atoms with E-state index in [9.17, 15) is 9.59 Å². The molecule has 0 saturated heterocycles. The third kappa shape index (κ3) is 4.29. The second kappa shape index (κ2) is 6.09. The molecule has 0 aliphatic heterocycles. The van der Waals surface area contributed by atoms with Crippen LogP contribution in [0.25, 0.3) is 0 Å². The molecule has 0 spiro atoms. The Hall–Kier alpha value is -1.59. The van der Waals surface area contributed by atoms with Gasteiger partial charge in [-0.25, -0.2) is 5.48 Å². The average molecular weight is 243 g/mol. The standard InChI is InChI=1S/C10H11ClN2O3/c11-8-3-1-7(2-4-8)6-12-9(14)5-10(15)13-16/h1-4,16H,5-6H2,(H,12,14)(H,13,15). The summed E-state index contributed by atoms with van der Waals surface area (Å²) in [6, 6.07) is 6.97. The molecular formula is C10H11ClN2O3. The lowest BCUT2D eigenvalue weighted by atomic mass is 10.2. The van der Waals surface area contributed by atoms with Crippen LogP contribution in [-0.4, -0.2) is 17.0 Å². The molecule has 1 aromatic rings. The number of benzene rings is 1. The van der Waals surface area contributed by atoms with Gasteiger partial charge < -0.3 is 5.32 Å². The van der Waals surface area contributed by atoms with Gasteiger partial charge in [-0.2, -0.15) is 0 Å². The minimum atomic E-state index is -0.742. The minimum absolute atomic E-state index is 0.314. The number of rotatable bonds is 4. The summed E-state index contributed by atoms with van der Waals surface area (Å²) < 4.78 is 0. The normalized spacial score (nSPS) is 9.62. The number of carbonyl (C=O) groups is 2. The highest BCUT2D eigenvalue weighted by atomic mass is 35.5. The summed E-state index contributed by atoms with van der Waals surface area (Å²) in [5.41, 5.74) is 2.26. The van der Waals surface area contributed by atoms with Crippen molar-refractivity contribution in [1.82, 2.24) is 10.8 Å². The highest BCUT2D eigenvalue weighted by Crippen LogP contribution is 2.08. The summed E-state index contributed by atoms with van der Waals surface area (Å²) in [6.07, 6.45) is -0.399. The van der Waals surface area contributed by atoms with Crippen molar-refractivity contribution in [2.45, 2.75) is 13.0 Å². The van der Waals surface area contributed by atoms with E-state index in [2.05, 4.69) is 5.32 Å². The largest absolute Gasteiger partial charge is 0.352 e. The van der Waals surface area contributed by atoms with Crippen LogP contribution in [-0.2, 0) is 16.1 Å².